The number of anilines is 3. The SMILES string of the molecule is CN(C)c1ccnc(N[C@H]2CC[C@@H](CNC(=O)Nc3cc(F)cc(F)c3)CC2)n1. The predicted octanol–water partition coefficient (Wildman–Crippen LogP) is 3.61. The summed E-state index contributed by atoms with van der Waals surface area (Å²) >= 11 is 0. The van der Waals surface area contributed by atoms with Gasteiger partial charge in [-0.25, -0.2) is 18.6 Å². The maximum Gasteiger partial charge on any atom is 0.319 e. The molecule has 2 amide bonds. The van der Waals surface area contributed by atoms with Crippen LogP contribution < -0.4 is 20.9 Å². The Labute approximate surface area is 168 Å². The third kappa shape index (κ3) is 6.27. The summed E-state index contributed by atoms with van der Waals surface area (Å²) in [5.41, 5.74) is 0.0906. The van der Waals surface area contributed by atoms with E-state index in [1.807, 2.05) is 25.1 Å². The molecule has 0 radical (unpaired) electrons. The fraction of sp³-hybridized carbons (Fsp3) is 0.450. The lowest BCUT2D eigenvalue weighted by Crippen LogP contribution is -2.36. The van der Waals surface area contributed by atoms with Gasteiger partial charge in [0.1, 0.15) is 17.5 Å². The lowest BCUT2D eigenvalue weighted by Gasteiger charge is -2.29. The molecule has 1 aliphatic carbocycles. The highest BCUT2D eigenvalue weighted by atomic mass is 19.1. The van der Waals surface area contributed by atoms with Gasteiger partial charge < -0.3 is 20.9 Å². The third-order valence-corrected chi connectivity index (χ3v) is 4.95. The van der Waals surface area contributed by atoms with Gasteiger partial charge >= 0.3 is 6.03 Å². The molecular weight excluding hydrogens is 378 g/mol. The molecule has 0 spiro atoms. The van der Waals surface area contributed by atoms with Crippen LogP contribution in [0.25, 0.3) is 0 Å². The number of rotatable bonds is 6. The molecule has 1 heterocycles. The molecule has 3 rings (SSSR count). The van der Waals surface area contributed by atoms with Gasteiger partial charge in [0.2, 0.25) is 5.95 Å². The molecule has 156 valence electrons. The van der Waals surface area contributed by atoms with Crippen LogP contribution in [0.2, 0.25) is 0 Å². The summed E-state index contributed by atoms with van der Waals surface area (Å²) in [5, 5.41) is 8.62. The number of aromatic nitrogens is 2. The first-order chi connectivity index (χ1) is 13.9. The second-order valence-corrected chi connectivity index (χ2v) is 7.49. The van der Waals surface area contributed by atoms with Crippen molar-refractivity contribution < 1.29 is 13.6 Å². The van der Waals surface area contributed by atoms with Crippen molar-refractivity contribution in [1.82, 2.24) is 15.3 Å². The zero-order valence-electron chi connectivity index (χ0n) is 16.6. The number of urea groups is 1. The number of nitrogens with zero attached hydrogens (tertiary/aromatic N) is 3. The summed E-state index contributed by atoms with van der Waals surface area (Å²) in [6.45, 7) is 0.517. The van der Waals surface area contributed by atoms with Crippen LogP contribution in [0.3, 0.4) is 0 Å². The second-order valence-electron chi connectivity index (χ2n) is 7.49. The molecule has 1 saturated carbocycles. The molecule has 2 aromatic rings. The monoisotopic (exact) mass is 404 g/mol. The van der Waals surface area contributed by atoms with Gasteiger partial charge in [0.15, 0.2) is 0 Å². The quantitative estimate of drug-likeness (QED) is 0.685. The number of amides is 2. The summed E-state index contributed by atoms with van der Waals surface area (Å²) < 4.78 is 26.4. The fourth-order valence-electron chi connectivity index (χ4n) is 3.40. The molecule has 7 nitrogen and oxygen atoms in total. The second kappa shape index (κ2) is 9.49. The minimum Gasteiger partial charge on any atom is -0.363 e. The minimum absolute atomic E-state index is 0.0906. The highest BCUT2D eigenvalue weighted by molar-refractivity contribution is 5.89. The van der Waals surface area contributed by atoms with Gasteiger partial charge in [-0.2, -0.15) is 4.98 Å². The van der Waals surface area contributed by atoms with Gasteiger partial charge in [-0.05, 0) is 49.8 Å². The number of hydrogen-bond acceptors (Lipinski definition) is 5. The van der Waals surface area contributed by atoms with Crippen molar-refractivity contribution in [3.8, 4) is 0 Å². The summed E-state index contributed by atoms with van der Waals surface area (Å²) in [6.07, 6.45) is 5.57. The maximum absolute atomic E-state index is 13.2. The Morgan fingerprint density at radius 1 is 1.14 bits per heavy atom. The molecular formula is C20H26F2N6O. The van der Waals surface area contributed by atoms with E-state index in [1.165, 1.54) is 0 Å². The van der Waals surface area contributed by atoms with Crippen LogP contribution in [0.15, 0.2) is 30.5 Å². The van der Waals surface area contributed by atoms with E-state index in [0.29, 0.717) is 24.5 Å². The van der Waals surface area contributed by atoms with Crippen LogP contribution in [-0.4, -0.2) is 42.7 Å². The van der Waals surface area contributed by atoms with E-state index in [2.05, 4.69) is 25.9 Å². The van der Waals surface area contributed by atoms with Crippen LogP contribution in [0.1, 0.15) is 25.7 Å². The average Bonchev–Trinajstić information content (AvgIpc) is 2.67. The first-order valence-electron chi connectivity index (χ1n) is 9.67. The van der Waals surface area contributed by atoms with Gasteiger partial charge in [-0.15, -0.1) is 0 Å². The Morgan fingerprint density at radius 3 is 2.48 bits per heavy atom. The Balaban J connectivity index is 1.40. The average molecular weight is 404 g/mol. The van der Waals surface area contributed by atoms with Crippen molar-refractivity contribution in [2.24, 2.45) is 5.92 Å². The molecule has 0 atom stereocenters. The van der Waals surface area contributed by atoms with Crippen LogP contribution in [0, 0.1) is 17.6 Å². The molecule has 1 aromatic heterocycles. The van der Waals surface area contributed by atoms with E-state index < -0.39 is 17.7 Å². The molecule has 0 aliphatic heterocycles. The van der Waals surface area contributed by atoms with E-state index in [4.69, 9.17) is 0 Å². The van der Waals surface area contributed by atoms with Gasteiger partial charge in [-0.1, -0.05) is 0 Å². The zero-order valence-corrected chi connectivity index (χ0v) is 16.6. The van der Waals surface area contributed by atoms with E-state index >= 15 is 0 Å². The highest BCUT2D eigenvalue weighted by Gasteiger charge is 2.22. The zero-order chi connectivity index (χ0) is 20.8. The number of nitrogens with one attached hydrogen (secondary N) is 3. The van der Waals surface area contributed by atoms with Crippen molar-refractivity contribution in [3.05, 3.63) is 42.1 Å². The fourth-order valence-corrected chi connectivity index (χ4v) is 3.40. The molecule has 1 fully saturated rings. The molecule has 0 unspecified atom stereocenters. The molecule has 29 heavy (non-hydrogen) atoms. The standard InChI is InChI=1S/C20H26F2N6O/c1-28(2)18-7-8-23-19(27-18)25-16-5-3-13(4-6-16)12-24-20(29)26-17-10-14(21)9-15(22)11-17/h7-11,13,16H,3-6,12H2,1-2H3,(H,23,25,27)(H2,24,26,29)/t13-,16+. The Bertz CT molecular complexity index is 819. The Morgan fingerprint density at radius 2 is 1.83 bits per heavy atom. The Kier molecular flexibility index (Phi) is 6.79. The summed E-state index contributed by atoms with van der Waals surface area (Å²) in [4.78, 5) is 22.7. The molecule has 0 saturated heterocycles. The van der Waals surface area contributed by atoms with Gasteiger partial charge in [0, 0.05) is 44.6 Å². The topological polar surface area (TPSA) is 82.2 Å². The molecule has 0 bridgehead atoms. The molecule has 1 aliphatic rings. The predicted molar refractivity (Wildman–Crippen MR) is 109 cm³/mol. The number of benzene rings is 1. The van der Waals surface area contributed by atoms with Gasteiger partial charge in [-0.3, -0.25) is 0 Å². The largest absolute Gasteiger partial charge is 0.363 e. The first kappa shape index (κ1) is 20.8. The summed E-state index contributed by atoms with van der Waals surface area (Å²) in [7, 11) is 3.87. The number of halogens is 2. The molecule has 9 heteroatoms. The third-order valence-electron chi connectivity index (χ3n) is 4.95. The van der Waals surface area contributed by atoms with E-state index in [0.717, 1.165) is 49.7 Å². The highest BCUT2D eigenvalue weighted by Crippen LogP contribution is 2.26. The molecule has 3 N–H and O–H groups in total. The lowest BCUT2D eigenvalue weighted by molar-refractivity contribution is 0.246. The Hall–Kier alpha value is -2.97. The molecule has 1 aromatic carbocycles. The minimum atomic E-state index is -0.730. The van der Waals surface area contributed by atoms with Crippen LogP contribution >= 0.6 is 0 Å². The van der Waals surface area contributed by atoms with Gasteiger partial charge in [0.05, 0.1) is 0 Å². The maximum atomic E-state index is 13.2. The van der Waals surface area contributed by atoms with Crippen LogP contribution in [0.4, 0.5) is 31.0 Å². The number of carbonyl (C=O) groups excluding carboxylic acids is 1. The van der Waals surface area contributed by atoms with E-state index in [9.17, 15) is 13.6 Å². The lowest BCUT2D eigenvalue weighted by atomic mass is 9.86. The van der Waals surface area contributed by atoms with Crippen molar-refractivity contribution in [2.45, 2.75) is 31.7 Å². The normalized spacial score (nSPS) is 18.8. The van der Waals surface area contributed by atoms with Crippen molar-refractivity contribution >= 4 is 23.5 Å². The number of hydrogen-bond donors (Lipinski definition) is 3. The summed E-state index contributed by atoms with van der Waals surface area (Å²) in [5.74, 6) is 0.374. The van der Waals surface area contributed by atoms with Crippen LogP contribution in [0.5, 0.6) is 0 Å². The van der Waals surface area contributed by atoms with Crippen LogP contribution in [-0.2, 0) is 0 Å². The van der Waals surface area contributed by atoms with E-state index in [1.54, 1.807) is 6.20 Å². The van der Waals surface area contributed by atoms with Gasteiger partial charge in [0.25, 0.3) is 0 Å². The van der Waals surface area contributed by atoms with Crippen molar-refractivity contribution in [2.75, 3.05) is 36.2 Å². The summed E-state index contributed by atoms with van der Waals surface area (Å²) in [6, 6.07) is 4.60. The number of carbonyl (C=O) groups is 1. The van der Waals surface area contributed by atoms with Crippen molar-refractivity contribution in [1.29, 1.82) is 0 Å². The first-order valence-corrected chi connectivity index (χ1v) is 9.67. The smallest absolute Gasteiger partial charge is 0.319 e. The van der Waals surface area contributed by atoms with E-state index in [-0.39, 0.29) is 5.69 Å². The van der Waals surface area contributed by atoms with Crippen molar-refractivity contribution in [3.63, 3.8) is 0 Å².